The molecule has 0 unspecified atom stereocenters. The fourth-order valence-corrected chi connectivity index (χ4v) is 2.69. The first-order valence-electron chi connectivity index (χ1n) is 5.50. The Bertz CT molecular complexity index is 686. The molecule has 0 aliphatic carbocycles. The molecule has 104 valence electrons. The number of halogens is 3. The molecule has 0 saturated heterocycles. The topological polar surface area (TPSA) is 46.5 Å². The summed E-state index contributed by atoms with van der Waals surface area (Å²) in [6.45, 7) is 0. The number of hydrogen-bond acceptors (Lipinski definition) is 2. The van der Waals surface area contributed by atoms with Crippen molar-refractivity contribution in [3.8, 4) is 16.9 Å². The summed E-state index contributed by atoms with van der Waals surface area (Å²) >= 11 is 1.91. The second-order valence-electron chi connectivity index (χ2n) is 3.97. The van der Waals surface area contributed by atoms with Crippen LogP contribution in [-0.2, 0) is 0 Å². The minimum absolute atomic E-state index is 0.0712. The highest BCUT2D eigenvalue weighted by molar-refractivity contribution is 14.1. The summed E-state index contributed by atoms with van der Waals surface area (Å²) < 4.78 is 32.2. The van der Waals surface area contributed by atoms with Gasteiger partial charge in [0.25, 0.3) is 0 Å². The van der Waals surface area contributed by atoms with Crippen molar-refractivity contribution in [2.75, 3.05) is 7.11 Å². The van der Waals surface area contributed by atoms with Crippen LogP contribution >= 0.6 is 22.6 Å². The Labute approximate surface area is 127 Å². The van der Waals surface area contributed by atoms with E-state index in [2.05, 4.69) is 0 Å². The molecule has 20 heavy (non-hydrogen) atoms. The lowest BCUT2D eigenvalue weighted by Gasteiger charge is -2.11. The molecule has 0 fully saturated rings. The van der Waals surface area contributed by atoms with Crippen molar-refractivity contribution in [2.45, 2.75) is 0 Å². The van der Waals surface area contributed by atoms with Crippen molar-refractivity contribution in [3.05, 3.63) is 51.1 Å². The van der Waals surface area contributed by atoms with Gasteiger partial charge in [0.05, 0.1) is 10.7 Å². The second-order valence-corrected chi connectivity index (χ2v) is 5.13. The molecule has 0 aromatic heterocycles. The van der Waals surface area contributed by atoms with E-state index in [1.54, 1.807) is 6.07 Å². The Morgan fingerprint density at radius 1 is 1.25 bits per heavy atom. The summed E-state index contributed by atoms with van der Waals surface area (Å²) in [5.74, 6) is -2.40. The van der Waals surface area contributed by atoms with E-state index in [1.165, 1.54) is 19.2 Å². The zero-order chi connectivity index (χ0) is 14.9. The highest BCUT2D eigenvalue weighted by Crippen LogP contribution is 2.33. The van der Waals surface area contributed by atoms with Crippen LogP contribution in [0.25, 0.3) is 11.1 Å². The quantitative estimate of drug-likeness (QED) is 0.808. The van der Waals surface area contributed by atoms with Crippen LogP contribution in [0.1, 0.15) is 10.4 Å². The van der Waals surface area contributed by atoms with Crippen molar-refractivity contribution in [1.29, 1.82) is 0 Å². The monoisotopic (exact) mass is 390 g/mol. The van der Waals surface area contributed by atoms with Gasteiger partial charge in [0.2, 0.25) is 0 Å². The zero-order valence-corrected chi connectivity index (χ0v) is 12.4. The van der Waals surface area contributed by atoms with Gasteiger partial charge in [-0.2, -0.15) is 0 Å². The third kappa shape index (κ3) is 2.74. The maximum absolute atomic E-state index is 13.8. The Hall–Kier alpha value is -1.70. The summed E-state index contributed by atoms with van der Waals surface area (Å²) in [5, 5.41) is 9.17. The van der Waals surface area contributed by atoms with Crippen molar-refractivity contribution >= 4 is 28.6 Å². The molecule has 0 bridgehead atoms. The van der Waals surface area contributed by atoms with Gasteiger partial charge in [0.15, 0.2) is 0 Å². The predicted octanol–water partition coefficient (Wildman–Crippen LogP) is 3.94. The van der Waals surface area contributed by atoms with Crippen LogP contribution in [0, 0.1) is 15.2 Å². The first-order valence-corrected chi connectivity index (χ1v) is 6.58. The lowest BCUT2D eigenvalue weighted by molar-refractivity contribution is 0.0693. The van der Waals surface area contributed by atoms with Gasteiger partial charge in [-0.1, -0.05) is 0 Å². The molecule has 3 nitrogen and oxygen atoms in total. The molecule has 2 aromatic carbocycles. The third-order valence-corrected chi connectivity index (χ3v) is 3.52. The molecular formula is C14H9F2IO3. The van der Waals surface area contributed by atoms with Gasteiger partial charge in [0.1, 0.15) is 22.9 Å². The molecule has 1 N–H and O–H groups in total. The standard InChI is InChI=1S/C14H9F2IO3/c1-20-13-10(14(18)19)4-7(5-12(13)17)9-3-2-8(15)6-11(9)16/h2-6H,1H3,(H,18,19). The number of carboxylic acid groups (broad SMARTS) is 1. The number of rotatable bonds is 3. The lowest BCUT2D eigenvalue weighted by Crippen LogP contribution is -2.03. The molecule has 0 atom stereocenters. The average Bonchev–Trinajstić information content (AvgIpc) is 2.37. The average molecular weight is 390 g/mol. The van der Waals surface area contributed by atoms with Crippen LogP contribution in [0.15, 0.2) is 30.3 Å². The SMILES string of the molecule is COc1c(I)cc(-c2ccc(F)cc2F)cc1C(=O)O. The Morgan fingerprint density at radius 2 is 1.95 bits per heavy atom. The second kappa shape index (κ2) is 5.74. The fraction of sp³-hybridized carbons (Fsp3) is 0.0714. The zero-order valence-electron chi connectivity index (χ0n) is 10.3. The number of aromatic carboxylic acids is 1. The van der Waals surface area contributed by atoms with Crippen LogP contribution in [0.3, 0.4) is 0 Å². The van der Waals surface area contributed by atoms with Gasteiger partial charge in [0, 0.05) is 11.6 Å². The molecule has 0 aliphatic rings. The highest BCUT2D eigenvalue weighted by atomic mass is 127. The largest absolute Gasteiger partial charge is 0.495 e. The summed E-state index contributed by atoms with van der Waals surface area (Å²) in [6, 6.07) is 6.04. The number of hydrogen-bond donors (Lipinski definition) is 1. The number of carbonyl (C=O) groups is 1. The number of benzene rings is 2. The number of ether oxygens (including phenoxy) is 1. The molecule has 2 aromatic rings. The van der Waals surface area contributed by atoms with E-state index in [9.17, 15) is 13.6 Å². The van der Waals surface area contributed by atoms with Crippen LogP contribution < -0.4 is 4.74 Å². The van der Waals surface area contributed by atoms with Crippen molar-refractivity contribution in [3.63, 3.8) is 0 Å². The predicted molar refractivity (Wildman–Crippen MR) is 78.0 cm³/mol. The van der Waals surface area contributed by atoms with E-state index in [-0.39, 0.29) is 16.9 Å². The maximum Gasteiger partial charge on any atom is 0.339 e. The van der Waals surface area contributed by atoms with Gasteiger partial charge in [-0.15, -0.1) is 0 Å². The Morgan fingerprint density at radius 3 is 2.50 bits per heavy atom. The van der Waals surface area contributed by atoms with Crippen molar-refractivity contribution in [2.24, 2.45) is 0 Å². The normalized spacial score (nSPS) is 10.4. The van der Waals surface area contributed by atoms with E-state index < -0.39 is 17.6 Å². The lowest BCUT2D eigenvalue weighted by atomic mass is 10.0. The van der Waals surface area contributed by atoms with E-state index in [1.807, 2.05) is 22.6 Å². The molecule has 0 heterocycles. The molecule has 0 spiro atoms. The Kier molecular flexibility index (Phi) is 4.22. The first kappa shape index (κ1) is 14.7. The summed E-state index contributed by atoms with van der Waals surface area (Å²) in [7, 11) is 1.36. The molecule has 0 radical (unpaired) electrons. The van der Waals surface area contributed by atoms with E-state index >= 15 is 0 Å². The van der Waals surface area contributed by atoms with Gasteiger partial charge in [-0.3, -0.25) is 0 Å². The smallest absolute Gasteiger partial charge is 0.339 e. The highest BCUT2D eigenvalue weighted by Gasteiger charge is 2.18. The van der Waals surface area contributed by atoms with Gasteiger partial charge >= 0.3 is 5.97 Å². The van der Waals surface area contributed by atoms with Gasteiger partial charge in [-0.25, -0.2) is 13.6 Å². The van der Waals surface area contributed by atoms with Gasteiger partial charge in [-0.05, 0) is 52.4 Å². The van der Waals surface area contributed by atoms with E-state index in [0.29, 0.717) is 9.13 Å². The van der Waals surface area contributed by atoms with Crippen LogP contribution in [0.5, 0.6) is 5.75 Å². The number of carboxylic acids is 1. The minimum Gasteiger partial charge on any atom is -0.495 e. The van der Waals surface area contributed by atoms with Gasteiger partial charge < -0.3 is 9.84 Å². The first-order chi connectivity index (χ1) is 9.43. The number of methoxy groups -OCH3 is 1. The van der Waals surface area contributed by atoms with Crippen LogP contribution in [0.4, 0.5) is 8.78 Å². The van der Waals surface area contributed by atoms with Crippen molar-refractivity contribution < 1.29 is 23.4 Å². The summed E-state index contributed by atoms with van der Waals surface area (Å²) in [4.78, 5) is 11.2. The maximum atomic E-state index is 13.8. The van der Waals surface area contributed by atoms with E-state index in [0.717, 1.165) is 12.1 Å². The molecule has 0 amide bonds. The summed E-state index contributed by atoms with van der Waals surface area (Å²) in [5.41, 5.74) is 0.415. The van der Waals surface area contributed by atoms with E-state index in [4.69, 9.17) is 9.84 Å². The van der Waals surface area contributed by atoms with Crippen LogP contribution in [-0.4, -0.2) is 18.2 Å². The van der Waals surface area contributed by atoms with Crippen LogP contribution in [0.2, 0.25) is 0 Å². The Balaban J connectivity index is 2.66. The summed E-state index contributed by atoms with van der Waals surface area (Å²) in [6.07, 6.45) is 0. The molecular weight excluding hydrogens is 381 g/mol. The third-order valence-electron chi connectivity index (χ3n) is 2.72. The molecule has 0 aliphatic heterocycles. The molecule has 2 rings (SSSR count). The fourth-order valence-electron chi connectivity index (χ4n) is 1.84. The molecule has 6 heteroatoms. The van der Waals surface area contributed by atoms with Crippen molar-refractivity contribution in [1.82, 2.24) is 0 Å². The molecule has 0 saturated carbocycles. The minimum atomic E-state index is -1.18.